The molecule has 2 aliphatic heterocycles. The quantitative estimate of drug-likeness (QED) is 0.240. The number of amides is 1. The van der Waals surface area contributed by atoms with Crippen LogP contribution in [-0.4, -0.2) is 66.4 Å². The first-order valence-corrected chi connectivity index (χ1v) is 17.4. The fraction of sp³-hybridized carbons (Fsp3) is 0.778. The van der Waals surface area contributed by atoms with Gasteiger partial charge in [0.25, 0.3) is 0 Å². The van der Waals surface area contributed by atoms with E-state index in [1.165, 1.54) is 56.1 Å². The Morgan fingerprint density at radius 2 is 1.90 bits per heavy atom. The molecule has 1 aromatic carbocycles. The molecule has 0 aromatic heterocycles. The first-order valence-electron chi connectivity index (χ1n) is 17.4. The summed E-state index contributed by atoms with van der Waals surface area (Å²) >= 11 is 0. The third-order valence-corrected chi connectivity index (χ3v) is 11.7. The van der Waals surface area contributed by atoms with Gasteiger partial charge in [-0.25, -0.2) is 0 Å². The molecule has 0 unspecified atom stereocenters. The smallest absolute Gasteiger partial charge is 0.222 e. The Kier molecular flexibility index (Phi) is 9.19. The molecule has 0 radical (unpaired) electrons. The van der Waals surface area contributed by atoms with Gasteiger partial charge in [0.05, 0.1) is 19.7 Å². The molecule has 2 heterocycles. The van der Waals surface area contributed by atoms with Gasteiger partial charge < -0.3 is 14.4 Å². The molecule has 5 aliphatic rings. The second kappa shape index (κ2) is 12.9. The van der Waals surface area contributed by atoms with Crippen molar-refractivity contribution >= 4 is 11.7 Å². The van der Waals surface area contributed by atoms with Crippen molar-refractivity contribution in [3.8, 4) is 11.5 Å². The Labute approximate surface area is 253 Å². The maximum atomic E-state index is 14.1. The normalized spacial score (nSPS) is 30.0. The maximum absolute atomic E-state index is 14.1. The first-order chi connectivity index (χ1) is 20.5. The zero-order chi connectivity index (χ0) is 29.3. The van der Waals surface area contributed by atoms with Crippen molar-refractivity contribution in [1.82, 2.24) is 9.80 Å². The van der Waals surface area contributed by atoms with Crippen LogP contribution in [0.1, 0.15) is 121 Å². The summed E-state index contributed by atoms with van der Waals surface area (Å²) in [5.41, 5.74) is 2.62. The number of carbonyl (C=O) groups excluding carboxylic acids is 2. The Morgan fingerprint density at radius 1 is 1.07 bits per heavy atom. The molecule has 6 heteroatoms. The zero-order valence-corrected chi connectivity index (χ0v) is 26.5. The van der Waals surface area contributed by atoms with Crippen LogP contribution in [0.25, 0.3) is 0 Å². The lowest BCUT2D eigenvalue weighted by Crippen LogP contribution is -2.69. The minimum atomic E-state index is -0.109. The SMILES string of the molecule is CCCCCN(C(=O)CCCCC1CCCCC1)[C@@H]1CC[C@H]2[C@H]3Cc4ccc(OC)c5c4[C@@]2(CCN3CC(C)=O)[C@H]1O5. The van der Waals surface area contributed by atoms with E-state index in [9.17, 15) is 9.59 Å². The van der Waals surface area contributed by atoms with E-state index in [2.05, 4.69) is 28.9 Å². The van der Waals surface area contributed by atoms with E-state index in [-0.39, 0.29) is 23.3 Å². The summed E-state index contributed by atoms with van der Waals surface area (Å²) in [6.45, 7) is 6.24. The molecule has 0 N–H and O–H groups in total. The summed E-state index contributed by atoms with van der Waals surface area (Å²) in [4.78, 5) is 31.1. The predicted octanol–water partition coefficient (Wildman–Crippen LogP) is 6.85. The number of hydrogen-bond acceptors (Lipinski definition) is 5. The van der Waals surface area contributed by atoms with Crippen LogP contribution in [0.2, 0.25) is 0 Å². The molecule has 1 aromatic rings. The van der Waals surface area contributed by atoms with Crippen molar-refractivity contribution in [2.75, 3.05) is 26.7 Å². The third kappa shape index (κ3) is 5.39. The molecule has 3 aliphatic carbocycles. The number of hydrogen-bond donors (Lipinski definition) is 0. The van der Waals surface area contributed by atoms with Gasteiger partial charge in [0.15, 0.2) is 11.5 Å². The number of nitrogens with zero attached hydrogens (tertiary/aromatic N) is 2. The Balaban J connectivity index is 1.26. The van der Waals surface area contributed by atoms with Crippen LogP contribution in [0.15, 0.2) is 12.1 Å². The van der Waals surface area contributed by atoms with Crippen LogP contribution in [0.4, 0.5) is 0 Å². The number of likely N-dealkylation sites (tertiary alicyclic amines) is 1. The lowest BCUT2D eigenvalue weighted by molar-refractivity contribution is -0.144. The summed E-state index contributed by atoms with van der Waals surface area (Å²) in [6.07, 6.45) is 18.4. The van der Waals surface area contributed by atoms with Gasteiger partial charge in [-0.3, -0.25) is 14.5 Å². The Bertz CT molecular complexity index is 1130. The van der Waals surface area contributed by atoms with Gasteiger partial charge >= 0.3 is 0 Å². The number of unbranched alkanes of at least 4 members (excludes halogenated alkanes) is 3. The monoisotopic (exact) mass is 578 g/mol. The topological polar surface area (TPSA) is 59.1 Å². The van der Waals surface area contributed by atoms with Crippen LogP contribution in [0, 0.1) is 11.8 Å². The van der Waals surface area contributed by atoms with Crippen LogP contribution in [0.5, 0.6) is 11.5 Å². The van der Waals surface area contributed by atoms with Gasteiger partial charge in [-0.2, -0.15) is 0 Å². The van der Waals surface area contributed by atoms with Gasteiger partial charge in [-0.1, -0.05) is 70.8 Å². The summed E-state index contributed by atoms with van der Waals surface area (Å²) in [6, 6.07) is 4.75. The number of rotatable bonds is 13. The second-order valence-corrected chi connectivity index (χ2v) is 14.2. The van der Waals surface area contributed by atoms with E-state index in [0.29, 0.717) is 30.8 Å². The van der Waals surface area contributed by atoms with Gasteiger partial charge in [-0.05, 0) is 75.5 Å². The minimum Gasteiger partial charge on any atom is -0.493 e. The van der Waals surface area contributed by atoms with E-state index in [0.717, 1.165) is 81.9 Å². The second-order valence-electron chi connectivity index (χ2n) is 14.2. The van der Waals surface area contributed by atoms with E-state index in [1.807, 2.05) is 0 Å². The molecule has 2 bridgehead atoms. The molecule has 2 saturated carbocycles. The van der Waals surface area contributed by atoms with Gasteiger partial charge in [0.1, 0.15) is 11.9 Å². The van der Waals surface area contributed by atoms with Crippen molar-refractivity contribution in [3.63, 3.8) is 0 Å². The third-order valence-electron chi connectivity index (χ3n) is 11.7. The molecule has 1 saturated heterocycles. The summed E-state index contributed by atoms with van der Waals surface area (Å²) in [5.74, 6) is 3.66. The zero-order valence-electron chi connectivity index (χ0n) is 26.5. The Hall–Kier alpha value is -2.08. The number of piperidine rings is 1. The molecule has 1 amide bonds. The summed E-state index contributed by atoms with van der Waals surface area (Å²) < 4.78 is 12.9. The molecular weight excluding hydrogens is 524 g/mol. The molecule has 1 spiro atoms. The van der Waals surface area contributed by atoms with Crippen molar-refractivity contribution in [2.45, 2.75) is 140 Å². The lowest BCUT2D eigenvalue weighted by atomic mass is 9.51. The molecule has 3 fully saturated rings. The fourth-order valence-electron chi connectivity index (χ4n) is 9.89. The van der Waals surface area contributed by atoms with Gasteiger partial charge in [-0.15, -0.1) is 0 Å². The highest BCUT2D eigenvalue weighted by molar-refractivity contribution is 5.78. The largest absolute Gasteiger partial charge is 0.493 e. The van der Waals surface area contributed by atoms with Crippen LogP contribution < -0.4 is 9.47 Å². The molecule has 42 heavy (non-hydrogen) atoms. The average Bonchev–Trinajstić information content (AvgIpc) is 3.34. The van der Waals surface area contributed by atoms with Crippen LogP contribution in [0.3, 0.4) is 0 Å². The molecule has 6 rings (SSSR count). The summed E-state index contributed by atoms with van der Waals surface area (Å²) in [5, 5.41) is 0. The van der Waals surface area contributed by atoms with Crippen molar-refractivity contribution in [1.29, 1.82) is 0 Å². The van der Waals surface area contributed by atoms with Crippen LogP contribution in [-0.2, 0) is 21.4 Å². The minimum absolute atomic E-state index is 0.0450. The number of ketones is 1. The number of benzene rings is 1. The van der Waals surface area contributed by atoms with Gasteiger partial charge in [0, 0.05) is 30.0 Å². The number of carbonyl (C=O) groups is 2. The van der Waals surface area contributed by atoms with E-state index in [4.69, 9.17) is 9.47 Å². The Morgan fingerprint density at radius 3 is 2.67 bits per heavy atom. The molecular formula is C36H54N2O4. The fourth-order valence-corrected chi connectivity index (χ4v) is 9.89. The highest BCUT2D eigenvalue weighted by atomic mass is 16.5. The lowest BCUT2D eigenvalue weighted by Gasteiger charge is -2.60. The first kappa shape index (κ1) is 30.0. The van der Waals surface area contributed by atoms with E-state index >= 15 is 0 Å². The summed E-state index contributed by atoms with van der Waals surface area (Å²) in [7, 11) is 1.74. The van der Waals surface area contributed by atoms with Crippen LogP contribution >= 0.6 is 0 Å². The number of ether oxygens (including phenoxy) is 2. The van der Waals surface area contributed by atoms with Gasteiger partial charge in [0.2, 0.25) is 5.91 Å². The van der Waals surface area contributed by atoms with E-state index in [1.54, 1.807) is 14.0 Å². The average molecular weight is 579 g/mol. The molecule has 5 atom stereocenters. The highest BCUT2D eigenvalue weighted by Crippen LogP contribution is 2.64. The number of Topliss-reactive ketones (excluding diaryl/α,β-unsaturated/α-hetero) is 1. The standard InChI is InChI=1S/C36H54N2O4/c1-4-5-11-21-38(32(40)15-10-9-14-26-12-7-6-8-13-26)29-18-17-28-30-23-27-16-19-31(41-3)34-33(27)36(28,35(29)42-34)20-22-37(30)24-25(2)39/h16,19,26,28-30,35H,4-15,17-18,20-24H2,1-3H3/t28-,29+,30+,35-,36-/m0/s1. The van der Waals surface area contributed by atoms with Crippen molar-refractivity contribution < 1.29 is 19.1 Å². The van der Waals surface area contributed by atoms with Crippen molar-refractivity contribution in [3.05, 3.63) is 23.3 Å². The predicted molar refractivity (Wildman–Crippen MR) is 166 cm³/mol. The van der Waals surface area contributed by atoms with E-state index < -0.39 is 0 Å². The molecule has 6 nitrogen and oxygen atoms in total. The highest BCUT2D eigenvalue weighted by Gasteiger charge is 2.66. The van der Waals surface area contributed by atoms with Crippen molar-refractivity contribution in [2.24, 2.45) is 11.8 Å². The maximum Gasteiger partial charge on any atom is 0.222 e. The molecule has 232 valence electrons. The number of methoxy groups -OCH3 is 1.